The molecule has 0 aliphatic rings. The van der Waals surface area contributed by atoms with Gasteiger partial charge in [-0.2, -0.15) is 0 Å². The summed E-state index contributed by atoms with van der Waals surface area (Å²) in [6, 6.07) is 4.48. The van der Waals surface area contributed by atoms with Gasteiger partial charge in [0.05, 0.1) is 17.8 Å². The number of carbonyl (C=O) groups is 1. The van der Waals surface area contributed by atoms with Gasteiger partial charge in [0.1, 0.15) is 5.82 Å². The molecule has 19 heavy (non-hydrogen) atoms. The molecule has 0 fully saturated rings. The van der Waals surface area contributed by atoms with Crippen molar-refractivity contribution in [3.63, 3.8) is 0 Å². The van der Waals surface area contributed by atoms with Gasteiger partial charge in [-0.25, -0.2) is 4.39 Å². The topological polar surface area (TPSA) is 81.2 Å². The molecule has 2 rings (SSSR count). The van der Waals surface area contributed by atoms with Crippen LogP contribution in [0.4, 0.5) is 10.1 Å². The first kappa shape index (κ1) is 13.1. The predicted molar refractivity (Wildman–Crippen MR) is 68.0 cm³/mol. The minimum Gasteiger partial charge on any atom is -0.399 e. The van der Waals surface area contributed by atoms with Crippen LogP contribution in [-0.2, 0) is 6.54 Å². The lowest BCUT2D eigenvalue weighted by molar-refractivity contribution is 0.0943. The zero-order chi connectivity index (χ0) is 14.0. The molecule has 1 aromatic carbocycles. The molecular weight excluding hydrogens is 249 g/mol. The van der Waals surface area contributed by atoms with Gasteiger partial charge in [-0.15, -0.1) is 0 Å². The fraction of sp³-hybridized carbons (Fsp3) is 0.231. The summed E-state index contributed by atoms with van der Waals surface area (Å²) in [5.74, 6) is -0.603. The van der Waals surface area contributed by atoms with Crippen LogP contribution in [0.15, 0.2) is 22.7 Å². The van der Waals surface area contributed by atoms with Crippen LogP contribution in [0, 0.1) is 19.7 Å². The highest BCUT2D eigenvalue weighted by molar-refractivity contribution is 5.95. The summed E-state index contributed by atoms with van der Waals surface area (Å²) < 4.78 is 18.8. The van der Waals surface area contributed by atoms with E-state index in [0.29, 0.717) is 17.0 Å². The van der Waals surface area contributed by atoms with Crippen LogP contribution in [0.5, 0.6) is 0 Å². The number of hydrogen-bond donors (Lipinski definition) is 2. The Morgan fingerprint density at radius 2 is 2.16 bits per heavy atom. The first-order valence-corrected chi connectivity index (χ1v) is 5.73. The molecular formula is C13H14FN3O2. The van der Waals surface area contributed by atoms with Crippen molar-refractivity contribution in [2.45, 2.75) is 20.4 Å². The number of nitrogens with two attached hydrogens (primary N) is 1. The third kappa shape index (κ3) is 2.90. The monoisotopic (exact) mass is 263 g/mol. The molecule has 1 heterocycles. The smallest absolute Gasteiger partial charge is 0.254 e. The number of hydrogen-bond acceptors (Lipinski definition) is 4. The third-order valence-electron chi connectivity index (χ3n) is 2.62. The number of nitrogens with one attached hydrogen (secondary N) is 1. The van der Waals surface area contributed by atoms with E-state index in [9.17, 15) is 9.18 Å². The van der Waals surface area contributed by atoms with Crippen LogP contribution in [0.1, 0.15) is 27.4 Å². The van der Waals surface area contributed by atoms with Gasteiger partial charge >= 0.3 is 0 Å². The molecule has 0 radical (unpaired) electrons. The summed E-state index contributed by atoms with van der Waals surface area (Å²) in [6.07, 6.45) is 0. The van der Waals surface area contributed by atoms with Gasteiger partial charge in [0.2, 0.25) is 0 Å². The van der Waals surface area contributed by atoms with Crippen LogP contribution in [0.3, 0.4) is 0 Å². The van der Waals surface area contributed by atoms with Gasteiger partial charge in [0.15, 0.2) is 5.76 Å². The zero-order valence-corrected chi connectivity index (χ0v) is 10.7. The Bertz CT molecular complexity index is 622. The van der Waals surface area contributed by atoms with E-state index >= 15 is 0 Å². The summed E-state index contributed by atoms with van der Waals surface area (Å²) in [5, 5.41) is 6.25. The maximum absolute atomic E-state index is 13.8. The van der Waals surface area contributed by atoms with Gasteiger partial charge < -0.3 is 15.6 Å². The Morgan fingerprint density at radius 1 is 1.42 bits per heavy atom. The molecule has 0 aliphatic heterocycles. The average Bonchev–Trinajstić information content (AvgIpc) is 2.76. The zero-order valence-electron chi connectivity index (χ0n) is 10.7. The SMILES string of the molecule is Cc1cc(CNC(=O)c2cc(N)cc(C)c2F)on1. The number of amides is 1. The van der Waals surface area contributed by atoms with Crippen molar-refractivity contribution in [2.24, 2.45) is 0 Å². The van der Waals surface area contributed by atoms with Gasteiger partial charge in [-0.1, -0.05) is 5.16 Å². The van der Waals surface area contributed by atoms with Gasteiger partial charge in [-0.3, -0.25) is 4.79 Å². The highest BCUT2D eigenvalue weighted by Gasteiger charge is 2.15. The maximum Gasteiger partial charge on any atom is 0.254 e. The van der Waals surface area contributed by atoms with Crippen molar-refractivity contribution >= 4 is 11.6 Å². The summed E-state index contributed by atoms with van der Waals surface area (Å²) in [4.78, 5) is 11.9. The molecule has 0 saturated carbocycles. The van der Waals surface area contributed by atoms with Crippen LogP contribution < -0.4 is 11.1 Å². The van der Waals surface area contributed by atoms with Crippen LogP contribution in [0.25, 0.3) is 0 Å². The maximum atomic E-state index is 13.8. The van der Waals surface area contributed by atoms with Crippen molar-refractivity contribution in [3.8, 4) is 0 Å². The first-order chi connectivity index (χ1) is 8.97. The Kier molecular flexibility index (Phi) is 3.50. The number of aromatic nitrogens is 1. The van der Waals surface area contributed by atoms with E-state index in [2.05, 4.69) is 10.5 Å². The van der Waals surface area contributed by atoms with E-state index in [1.165, 1.54) is 12.1 Å². The lowest BCUT2D eigenvalue weighted by Crippen LogP contribution is -2.24. The molecule has 0 bridgehead atoms. The fourth-order valence-corrected chi connectivity index (χ4v) is 1.72. The number of nitrogens with zero attached hydrogens (tertiary/aromatic N) is 1. The summed E-state index contributed by atoms with van der Waals surface area (Å²) >= 11 is 0. The van der Waals surface area contributed by atoms with Crippen molar-refractivity contribution in [3.05, 3.63) is 46.6 Å². The van der Waals surface area contributed by atoms with Crippen LogP contribution in [0.2, 0.25) is 0 Å². The number of aryl methyl sites for hydroxylation is 2. The molecule has 0 spiro atoms. The molecule has 6 heteroatoms. The van der Waals surface area contributed by atoms with E-state index < -0.39 is 11.7 Å². The molecule has 0 aliphatic carbocycles. The quantitative estimate of drug-likeness (QED) is 0.829. The van der Waals surface area contributed by atoms with Crippen LogP contribution in [-0.4, -0.2) is 11.1 Å². The molecule has 2 aromatic rings. The number of carbonyl (C=O) groups excluding carboxylic acids is 1. The number of anilines is 1. The number of nitrogen functional groups attached to an aromatic ring is 1. The number of halogens is 1. The normalized spacial score (nSPS) is 10.5. The highest BCUT2D eigenvalue weighted by atomic mass is 19.1. The Morgan fingerprint density at radius 3 is 2.79 bits per heavy atom. The predicted octanol–water partition coefficient (Wildman–Crippen LogP) is 1.94. The fourth-order valence-electron chi connectivity index (χ4n) is 1.72. The van der Waals surface area contributed by atoms with E-state index in [0.717, 1.165) is 5.69 Å². The second kappa shape index (κ2) is 5.09. The molecule has 5 nitrogen and oxygen atoms in total. The largest absolute Gasteiger partial charge is 0.399 e. The van der Waals surface area contributed by atoms with Crippen LogP contribution >= 0.6 is 0 Å². The van der Waals surface area contributed by atoms with Gasteiger partial charge in [-0.05, 0) is 31.5 Å². The minimum atomic E-state index is -0.569. The van der Waals surface area contributed by atoms with Crippen molar-refractivity contribution in [1.29, 1.82) is 0 Å². The van der Waals surface area contributed by atoms with Gasteiger partial charge in [0.25, 0.3) is 5.91 Å². The van der Waals surface area contributed by atoms with Crippen molar-refractivity contribution in [1.82, 2.24) is 10.5 Å². The van der Waals surface area contributed by atoms with E-state index in [1.807, 2.05) is 0 Å². The second-order valence-electron chi connectivity index (χ2n) is 4.32. The number of benzene rings is 1. The molecule has 0 atom stereocenters. The second-order valence-corrected chi connectivity index (χ2v) is 4.32. The highest BCUT2D eigenvalue weighted by Crippen LogP contribution is 2.17. The summed E-state index contributed by atoms with van der Waals surface area (Å²) in [7, 11) is 0. The Labute approximate surface area is 109 Å². The molecule has 3 N–H and O–H groups in total. The lowest BCUT2D eigenvalue weighted by Gasteiger charge is -2.07. The van der Waals surface area contributed by atoms with E-state index in [1.54, 1.807) is 19.9 Å². The molecule has 1 aromatic heterocycles. The van der Waals surface area contributed by atoms with E-state index in [-0.39, 0.29) is 12.1 Å². The van der Waals surface area contributed by atoms with Crippen molar-refractivity contribution in [2.75, 3.05) is 5.73 Å². The lowest BCUT2D eigenvalue weighted by atomic mass is 10.1. The van der Waals surface area contributed by atoms with Gasteiger partial charge in [0, 0.05) is 11.8 Å². The molecule has 0 saturated heterocycles. The van der Waals surface area contributed by atoms with E-state index in [4.69, 9.17) is 10.3 Å². The average molecular weight is 263 g/mol. The molecule has 1 amide bonds. The van der Waals surface area contributed by atoms with Crippen molar-refractivity contribution < 1.29 is 13.7 Å². The summed E-state index contributed by atoms with van der Waals surface area (Å²) in [6.45, 7) is 3.48. The third-order valence-corrected chi connectivity index (χ3v) is 2.62. The first-order valence-electron chi connectivity index (χ1n) is 5.73. The Balaban J connectivity index is 2.12. The number of rotatable bonds is 3. The molecule has 100 valence electrons. The summed E-state index contributed by atoms with van der Waals surface area (Å²) in [5.41, 5.74) is 6.92. The Hall–Kier alpha value is -2.37. The standard InChI is InChI=1S/C13H14FN3O2/c1-7-3-9(15)5-11(12(7)14)13(18)16-6-10-4-8(2)17-19-10/h3-5H,6,15H2,1-2H3,(H,16,18). The minimum absolute atomic E-state index is 0.0752. The molecule has 0 unspecified atom stereocenters.